The number of aryl methyl sites for hydroxylation is 1. The van der Waals surface area contributed by atoms with Gasteiger partial charge in [0.25, 0.3) is 0 Å². The minimum Gasteiger partial charge on any atom is -0.454 e. The van der Waals surface area contributed by atoms with E-state index in [0.717, 1.165) is 33.7 Å². The first-order valence-electron chi connectivity index (χ1n) is 6.55. The van der Waals surface area contributed by atoms with Gasteiger partial charge in [-0.25, -0.2) is 9.97 Å². The van der Waals surface area contributed by atoms with Crippen LogP contribution < -0.4 is 9.47 Å². The molecule has 4 rings (SSSR count). The Morgan fingerprint density at radius 3 is 2.48 bits per heavy atom. The van der Waals surface area contributed by atoms with Crippen LogP contribution >= 0.6 is 11.6 Å². The van der Waals surface area contributed by atoms with Crippen molar-refractivity contribution >= 4 is 22.5 Å². The normalized spacial score (nSPS) is 12.9. The topological polar surface area (TPSA) is 44.2 Å². The molecule has 5 heteroatoms. The monoisotopic (exact) mass is 298 g/mol. The molecule has 2 aromatic carbocycles. The smallest absolute Gasteiger partial charge is 0.231 e. The highest BCUT2D eigenvalue weighted by Crippen LogP contribution is 2.36. The molecule has 0 radical (unpaired) electrons. The SMILES string of the molecule is Cc1nc(-c2ccc(Cl)cc2)nc2cc3c(cc12)OCO3. The van der Waals surface area contributed by atoms with E-state index in [-0.39, 0.29) is 6.79 Å². The quantitative estimate of drug-likeness (QED) is 0.681. The minimum atomic E-state index is 0.252. The van der Waals surface area contributed by atoms with Crippen molar-refractivity contribution in [3.8, 4) is 22.9 Å². The molecule has 3 aromatic rings. The second-order valence-corrected chi connectivity index (χ2v) is 5.30. The van der Waals surface area contributed by atoms with Crippen LogP contribution in [0.4, 0.5) is 0 Å². The predicted molar refractivity (Wildman–Crippen MR) is 80.8 cm³/mol. The molecule has 0 atom stereocenters. The Balaban J connectivity index is 1.92. The first kappa shape index (κ1) is 12.4. The summed E-state index contributed by atoms with van der Waals surface area (Å²) in [6, 6.07) is 11.3. The van der Waals surface area contributed by atoms with Gasteiger partial charge in [-0.15, -0.1) is 0 Å². The number of rotatable bonds is 1. The second-order valence-electron chi connectivity index (χ2n) is 4.86. The van der Waals surface area contributed by atoms with Crippen LogP contribution in [0, 0.1) is 6.92 Å². The van der Waals surface area contributed by atoms with E-state index in [4.69, 9.17) is 21.1 Å². The van der Waals surface area contributed by atoms with E-state index in [1.54, 1.807) is 0 Å². The Morgan fingerprint density at radius 2 is 1.71 bits per heavy atom. The van der Waals surface area contributed by atoms with Crippen molar-refractivity contribution in [2.75, 3.05) is 6.79 Å². The van der Waals surface area contributed by atoms with E-state index in [0.29, 0.717) is 10.8 Å². The third-order valence-corrected chi connectivity index (χ3v) is 3.74. The number of aromatic nitrogens is 2. The first-order valence-corrected chi connectivity index (χ1v) is 6.92. The summed E-state index contributed by atoms with van der Waals surface area (Å²) < 4.78 is 10.8. The van der Waals surface area contributed by atoms with Gasteiger partial charge in [-0.3, -0.25) is 0 Å². The molecule has 104 valence electrons. The van der Waals surface area contributed by atoms with Crippen LogP contribution in [0.25, 0.3) is 22.3 Å². The minimum absolute atomic E-state index is 0.252. The maximum atomic E-state index is 5.92. The van der Waals surface area contributed by atoms with Crippen molar-refractivity contribution in [3.05, 3.63) is 47.1 Å². The number of benzene rings is 2. The Labute approximate surface area is 126 Å². The fraction of sp³-hybridized carbons (Fsp3) is 0.125. The Bertz CT molecular complexity index is 847. The third kappa shape index (κ3) is 2.08. The number of halogens is 1. The van der Waals surface area contributed by atoms with Crippen molar-refractivity contribution in [2.24, 2.45) is 0 Å². The zero-order valence-electron chi connectivity index (χ0n) is 11.3. The zero-order valence-corrected chi connectivity index (χ0v) is 12.0. The first-order chi connectivity index (χ1) is 10.2. The lowest BCUT2D eigenvalue weighted by Gasteiger charge is -2.07. The average molecular weight is 299 g/mol. The highest BCUT2D eigenvalue weighted by Gasteiger charge is 2.17. The van der Waals surface area contributed by atoms with Crippen LogP contribution in [-0.4, -0.2) is 16.8 Å². The fourth-order valence-electron chi connectivity index (χ4n) is 2.40. The molecule has 1 aromatic heterocycles. The van der Waals surface area contributed by atoms with Crippen LogP contribution in [0.5, 0.6) is 11.5 Å². The van der Waals surface area contributed by atoms with E-state index >= 15 is 0 Å². The molecular weight excluding hydrogens is 288 g/mol. The van der Waals surface area contributed by atoms with Crippen molar-refractivity contribution in [2.45, 2.75) is 6.92 Å². The summed E-state index contributed by atoms with van der Waals surface area (Å²) in [6.45, 7) is 2.22. The molecule has 0 spiro atoms. The van der Waals surface area contributed by atoms with Crippen molar-refractivity contribution < 1.29 is 9.47 Å². The van der Waals surface area contributed by atoms with Gasteiger partial charge in [0.15, 0.2) is 17.3 Å². The number of fused-ring (bicyclic) bond motifs is 2. The van der Waals surface area contributed by atoms with Crippen molar-refractivity contribution in [1.29, 1.82) is 0 Å². The zero-order chi connectivity index (χ0) is 14.4. The van der Waals surface area contributed by atoms with E-state index < -0.39 is 0 Å². The molecule has 1 aliphatic heterocycles. The molecular formula is C16H11ClN2O2. The lowest BCUT2D eigenvalue weighted by atomic mass is 10.1. The molecule has 0 fully saturated rings. The van der Waals surface area contributed by atoms with E-state index in [1.807, 2.05) is 43.3 Å². The third-order valence-electron chi connectivity index (χ3n) is 3.48. The van der Waals surface area contributed by atoms with Crippen LogP contribution in [0.3, 0.4) is 0 Å². The summed E-state index contributed by atoms with van der Waals surface area (Å²) in [6.07, 6.45) is 0. The van der Waals surface area contributed by atoms with Crippen molar-refractivity contribution in [3.63, 3.8) is 0 Å². The fourth-order valence-corrected chi connectivity index (χ4v) is 2.53. The number of ether oxygens (including phenoxy) is 2. The van der Waals surface area contributed by atoms with Gasteiger partial charge in [0.2, 0.25) is 6.79 Å². The van der Waals surface area contributed by atoms with Gasteiger partial charge in [-0.1, -0.05) is 11.6 Å². The van der Waals surface area contributed by atoms with E-state index in [9.17, 15) is 0 Å². The lowest BCUT2D eigenvalue weighted by molar-refractivity contribution is 0.174. The van der Waals surface area contributed by atoms with Gasteiger partial charge < -0.3 is 9.47 Å². The summed E-state index contributed by atoms with van der Waals surface area (Å²) >= 11 is 5.92. The Kier molecular flexibility index (Phi) is 2.72. The van der Waals surface area contributed by atoms with E-state index in [1.165, 1.54) is 0 Å². The van der Waals surface area contributed by atoms with Crippen LogP contribution in [0.15, 0.2) is 36.4 Å². The van der Waals surface area contributed by atoms with Gasteiger partial charge in [0.1, 0.15) is 0 Å². The van der Waals surface area contributed by atoms with Gasteiger partial charge >= 0.3 is 0 Å². The molecule has 2 heterocycles. The van der Waals surface area contributed by atoms with E-state index in [2.05, 4.69) is 9.97 Å². The number of hydrogen-bond acceptors (Lipinski definition) is 4. The summed E-state index contributed by atoms with van der Waals surface area (Å²) in [7, 11) is 0. The Hall–Kier alpha value is -2.33. The summed E-state index contributed by atoms with van der Waals surface area (Å²) in [5.74, 6) is 2.15. The summed E-state index contributed by atoms with van der Waals surface area (Å²) in [4.78, 5) is 9.20. The standard InChI is InChI=1S/C16H11ClN2O2/c1-9-12-6-14-15(21-8-20-14)7-13(12)19-16(18-9)10-2-4-11(17)5-3-10/h2-7H,8H2,1H3. The molecule has 0 saturated heterocycles. The molecule has 0 N–H and O–H groups in total. The summed E-state index contributed by atoms with van der Waals surface area (Å²) in [5, 5.41) is 1.66. The Morgan fingerprint density at radius 1 is 1.00 bits per heavy atom. The molecule has 0 aliphatic carbocycles. The molecule has 0 unspecified atom stereocenters. The molecule has 0 amide bonds. The molecule has 0 bridgehead atoms. The molecule has 1 aliphatic rings. The molecule has 21 heavy (non-hydrogen) atoms. The predicted octanol–water partition coefficient (Wildman–Crippen LogP) is 3.99. The molecule has 4 nitrogen and oxygen atoms in total. The van der Waals surface area contributed by atoms with Crippen LogP contribution in [0.1, 0.15) is 5.69 Å². The highest BCUT2D eigenvalue weighted by atomic mass is 35.5. The lowest BCUT2D eigenvalue weighted by Crippen LogP contribution is -1.94. The van der Waals surface area contributed by atoms with Crippen LogP contribution in [0.2, 0.25) is 5.02 Å². The largest absolute Gasteiger partial charge is 0.454 e. The van der Waals surface area contributed by atoms with Gasteiger partial charge in [-0.2, -0.15) is 0 Å². The van der Waals surface area contributed by atoms with Gasteiger partial charge in [0, 0.05) is 27.7 Å². The number of nitrogens with zero attached hydrogens (tertiary/aromatic N) is 2. The number of hydrogen-bond donors (Lipinski definition) is 0. The van der Waals surface area contributed by atoms with Gasteiger partial charge in [-0.05, 0) is 37.3 Å². The maximum Gasteiger partial charge on any atom is 0.231 e. The second kappa shape index (κ2) is 4.60. The van der Waals surface area contributed by atoms with Crippen LogP contribution in [-0.2, 0) is 0 Å². The van der Waals surface area contributed by atoms with Gasteiger partial charge in [0.05, 0.1) is 5.52 Å². The van der Waals surface area contributed by atoms with Crippen molar-refractivity contribution in [1.82, 2.24) is 9.97 Å². The average Bonchev–Trinajstić information content (AvgIpc) is 2.93. The molecule has 0 saturated carbocycles. The maximum absolute atomic E-state index is 5.92. The highest BCUT2D eigenvalue weighted by molar-refractivity contribution is 6.30. The summed E-state index contributed by atoms with van der Waals surface area (Å²) in [5.41, 5.74) is 2.68.